The fourth-order valence-electron chi connectivity index (χ4n) is 3.38. The minimum atomic E-state index is -0.0495. The van der Waals surface area contributed by atoms with Crippen LogP contribution in [0.3, 0.4) is 0 Å². The summed E-state index contributed by atoms with van der Waals surface area (Å²) in [4.78, 5) is 28.1. The second-order valence-electron chi connectivity index (χ2n) is 6.95. The molecule has 0 unspecified atom stereocenters. The predicted molar refractivity (Wildman–Crippen MR) is 97.5 cm³/mol. The van der Waals surface area contributed by atoms with Crippen molar-refractivity contribution in [3.63, 3.8) is 0 Å². The van der Waals surface area contributed by atoms with Crippen LogP contribution in [0.5, 0.6) is 0 Å². The Balaban J connectivity index is 1.96. The topological polar surface area (TPSA) is 52.7 Å². The average molecular weight is 331 g/mol. The molecule has 1 aliphatic rings. The van der Waals surface area contributed by atoms with Gasteiger partial charge in [-0.15, -0.1) is 0 Å². The van der Waals surface area contributed by atoms with Gasteiger partial charge in [-0.25, -0.2) is 0 Å². The van der Waals surface area contributed by atoms with E-state index in [1.807, 2.05) is 12.1 Å². The van der Waals surface area contributed by atoms with Crippen molar-refractivity contribution < 1.29 is 9.59 Å². The van der Waals surface area contributed by atoms with Crippen LogP contribution in [0, 0.1) is 0 Å². The lowest BCUT2D eigenvalue weighted by molar-refractivity contribution is -0.116. The predicted octanol–water partition coefficient (Wildman–Crippen LogP) is 2.44. The van der Waals surface area contributed by atoms with E-state index >= 15 is 0 Å². The van der Waals surface area contributed by atoms with Gasteiger partial charge in [-0.05, 0) is 57.9 Å². The van der Waals surface area contributed by atoms with E-state index in [4.69, 9.17) is 0 Å². The molecule has 0 radical (unpaired) electrons. The number of carbonyl (C=O) groups is 2. The Morgan fingerprint density at radius 1 is 1.21 bits per heavy atom. The summed E-state index contributed by atoms with van der Waals surface area (Å²) in [6.07, 6.45) is 0.810. The normalized spacial score (nSPS) is 13.8. The third-order valence-electron chi connectivity index (χ3n) is 4.60. The van der Waals surface area contributed by atoms with Crippen molar-refractivity contribution in [1.29, 1.82) is 0 Å². The fourth-order valence-corrected chi connectivity index (χ4v) is 3.38. The molecule has 1 aromatic carbocycles. The first-order chi connectivity index (χ1) is 11.3. The molecule has 0 spiro atoms. The zero-order valence-electron chi connectivity index (χ0n) is 15.4. The summed E-state index contributed by atoms with van der Waals surface area (Å²) in [5, 5.41) is 3.00. The SMILES string of the molecule is CC(=O)N1CCc2cc(C(=O)NCCN(C(C)C)C(C)C)ccc21. The Bertz CT molecular complexity index is 603. The first-order valence-electron chi connectivity index (χ1n) is 8.76. The Kier molecular flexibility index (Phi) is 5.99. The molecule has 5 heteroatoms. The van der Waals surface area contributed by atoms with Gasteiger partial charge in [-0.3, -0.25) is 14.5 Å². The maximum atomic E-state index is 12.4. The number of nitrogens with zero attached hydrogens (tertiary/aromatic N) is 2. The maximum Gasteiger partial charge on any atom is 0.251 e. The van der Waals surface area contributed by atoms with Crippen molar-refractivity contribution in [2.45, 2.75) is 53.1 Å². The number of hydrogen-bond donors (Lipinski definition) is 1. The Morgan fingerprint density at radius 2 is 1.88 bits per heavy atom. The number of fused-ring (bicyclic) bond motifs is 1. The van der Waals surface area contributed by atoms with E-state index in [-0.39, 0.29) is 11.8 Å². The lowest BCUT2D eigenvalue weighted by Gasteiger charge is -2.30. The summed E-state index contributed by atoms with van der Waals surface area (Å²) in [6.45, 7) is 12.4. The molecule has 1 aromatic rings. The van der Waals surface area contributed by atoms with Crippen LogP contribution in [-0.2, 0) is 11.2 Å². The van der Waals surface area contributed by atoms with Gasteiger partial charge in [0.15, 0.2) is 0 Å². The van der Waals surface area contributed by atoms with Gasteiger partial charge >= 0.3 is 0 Å². The highest BCUT2D eigenvalue weighted by atomic mass is 16.2. The van der Waals surface area contributed by atoms with Gasteiger partial charge < -0.3 is 10.2 Å². The number of nitrogens with one attached hydrogen (secondary N) is 1. The lowest BCUT2D eigenvalue weighted by atomic mass is 10.1. The van der Waals surface area contributed by atoms with Crippen LogP contribution in [0.25, 0.3) is 0 Å². The zero-order valence-corrected chi connectivity index (χ0v) is 15.4. The average Bonchev–Trinajstić information content (AvgIpc) is 2.93. The summed E-state index contributed by atoms with van der Waals surface area (Å²) < 4.78 is 0. The van der Waals surface area contributed by atoms with Crippen LogP contribution >= 0.6 is 0 Å². The van der Waals surface area contributed by atoms with E-state index in [1.54, 1.807) is 17.9 Å². The molecule has 0 atom stereocenters. The van der Waals surface area contributed by atoms with Gasteiger partial charge in [-0.1, -0.05) is 0 Å². The number of rotatable bonds is 6. The van der Waals surface area contributed by atoms with Crippen LogP contribution in [-0.4, -0.2) is 48.4 Å². The molecular formula is C19H29N3O2. The highest BCUT2D eigenvalue weighted by Crippen LogP contribution is 2.28. The van der Waals surface area contributed by atoms with E-state index in [1.165, 1.54) is 0 Å². The monoisotopic (exact) mass is 331 g/mol. The zero-order chi connectivity index (χ0) is 17.9. The van der Waals surface area contributed by atoms with Crippen LogP contribution in [0.1, 0.15) is 50.5 Å². The first-order valence-corrected chi connectivity index (χ1v) is 8.76. The highest BCUT2D eigenvalue weighted by molar-refractivity contribution is 5.97. The first kappa shape index (κ1) is 18.5. The van der Waals surface area contributed by atoms with Crippen molar-refractivity contribution in [3.05, 3.63) is 29.3 Å². The summed E-state index contributed by atoms with van der Waals surface area (Å²) in [6, 6.07) is 6.51. The number of benzene rings is 1. The van der Waals surface area contributed by atoms with Crippen molar-refractivity contribution in [2.24, 2.45) is 0 Å². The molecule has 0 aromatic heterocycles. The van der Waals surface area contributed by atoms with Gasteiger partial charge in [0.2, 0.25) is 5.91 Å². The van der Waals surface area contributed by atoms with E-state index in [0.29, 0.717) is 30.7 Å². The number of carbonyl (C=O) groups excluding carboxylic acids is 2. The molecule has 5 nitrogen and oxygen atoms in total. The van der Waals surface area contributed by atoms with Crippen LogP contribution in [0.15, 0.2) is 18.2 Å². The van der Waals surface area contributed by atoms with Crippen LogP contribution in [0.4, 0.5) is 5.69 Å². The standard InChI is InChI=1S/C19H29N3O2/c1-13(2)21(14(3)4)11-9-20-19(24)17-6-7-18-16(12-17)8-10-22(18)15(5)23/h6-7,12-14H,8-11H2,1-5H3,(H,20,24). The molecule has 132 valence electrons. The van der Waals surface area contributed by atoms with Crippen molar-refractivity contribution in [3.8, 4) is 0 Å². The summed E-state index contributed by atoms with van der Waals surface area (Å²) in [5.41, 5.74) is 2.67. The van der Waals surface area contributed by atoms with E-state index < -0.39 is 0 Å². The van der Waals surface area contributed by atoms with Gasteiger partial charge in [0.05, 0.1) is 0 Å². The van der Waals surface area contributed by atoms with E-state index in [0.717, 1.165) is 24.2 Å². The molecule has 0 aliphatic carbocycles. The summed E-state index contributed by atoms with van der Waals surface area (Å²) >= 11 is 0. The number of amides is 2. The number of anilines is 1. The molecule has 0 saturated carbocycles. The summed E-state index contributed by atoms with van der Waals surface area (Å²) in [5.74, 6) is -0.0000453. The summed E-state index contributed by atoms with van der Waals surface area (Å²) in [7, 11) is 0. The Morgan fingerprint density at radius 3 is 2.46 bits per heavy atom. The number of hydrogen-bond acceptors (Lipinski definition) is 3. The van der Waals surface area contributed by atoms with Crippen molar-refractivity contribution in [1.82, 2.24) is 10.2 Å². The molecule has 2 amide bonds. The molecular weight excluding hydrogens is 302 g/mol. The van der Waals surface area contributed by atoms with Crippen molar-refractivity contribution >= 4 is 17.5 Å². The largest absolute Gasteiger partial charge is 0.351 e. The Hall–Kier alpha value is -1.88. The second kappa shape index (κ2) is 7.79. The molecule has 1 aliphatic heterocycles. The van der Waals surface area contributed by atoms with E-state index in [9.17, 15) is 9.59 Å². The van der Waals surface area contributed by atoms with Gasteiger partial charge in [0, 0.05) is 49.9 Å². The quantitative estimate of drug-likeness (QED) is 0.871. The van der Waals surface area contributed by atoms with Gasteiger partial charge in [0.25, 0.3) is 5.91 Å². The van der Waals surface area contributed by atoms with Crippen LogP contribution < -0.4 is 10.2 Å². The molecule has 0 saturated heterocycles. The molecule has 1 heterocycles. The smallest absolute Gasteiger partial charge is 0.251 e. The second-order valence-corrected chi connectivity index (χ2v) is 6.95. The van der Waals surface area contributed by atoms with Gasteiger partial charge in [-0.2, -0.15) is 0 Å². The van der Waals surface area contributed by atoms with E-state index in [2.05, 4.69) is 37.9 Å². The Labute approximate surface area is 145 Å². The minimum Gasteiger partial charge on any atom is -0.351 e. The molecule has 1 N–H and O–H groups in total. The lowest BCUT2D eigenvalue weighted by Crippen LogP contribution is -2.42. The minimum absolute atomic E-state index is 0.0495. The fraction of sp³-hybridized carbons (Fsp3) is 0.579. The maximum absolute atomic E-state index is 12.4. The molecule has 24 heavy (non-hydrogen) atoms. The van der Waals surface area contributed by atoms with Crippen LogP contribution in [0.2, 0.25) is 0 Å². The van der Waals surface area contributed by atoms with Gasteiger partial charge in [0.1, 0.15) is 0 Å². The van der Waals surface area contributed by atoms with Crippen molar-refractivity contribution in [2.75, 3.05) is 24.5 Å². The third-order valence-corrected chi connectivity index (χ3v) is 4.60. The third kappa shape index (κ3) is 4.15. The molecule has 0 bridgehead atoms. The molecule has 0 fully saturated rings. The highest BCUT2D eigenvalue weighted by Gasteiger charge is 2.23. The molecule has 2 rings (SSSR count).